The lowest BCUT2D eigenvalue weighted by molar-refractivity contribution is 0.206. The van der Waals surface area contributed by atoms with Crippen LogP contribution >= 0.6 is 0 Å². The Morgan fingerprint density at radius 2 is 1.84 bits per heavy atom. The summed E-state index contributed by atoms with van der Waals surface area (Å²) >= 11 is 0. The molecule has 1 saturated heterocycles. The minimum absolute atomic E-state index is 0.426. The fourth-order valence-electron chi connectivity index (χ4n) is 3.05. The minimum Gasteiger partial charge on any atom is -0.497 e. The van der Waals surface area contributed by atoms with Crippen molar-refractivity contribution in [1.82, 2.24) is 14.9 Å². The van der Waals surface area contributed by atoms with Gasteiger partial charge in [-0.25, -0.2) is 9.97 Å². The Bertz CT molecular complexity index is 679. The summed E-state index contributed by atoms with van der Waals surface area (Å²) in [5, 5.41) is 3.59. The van der Waals surface area contributed by atoms with Gasteiger partial charge in [0.2, 0.25) is 0 Å². The van der Waals surface area contributed by atoms with E-state index in [1.165, 1.54) is 0 Å². The van der Waals surface area contributed by atoms with Gasteiger partial charge in [-0.1, -0.05) is 0 Å². The Kier molecular flexibility index (Phi) is 5.55. The monoisotopic (exact) mass is 343 g/mol. The minimum atomic E-state index is 0.426. The van der Waals surface area contributed by atoms with Crippen LogP contribution in [0, 0.1) is 0 Å². The number of piperidine rings is 1. The molecule has 7 nitrogen and oxygen atoms in total. The van der Waals surface area contributed by atoms with Crippen LogP contribution in [0.3, 0.4) is 0 Å². The fraction of sp³-hybridized carbons (Fsp3) is 0.444. The second-order valence-electron chi connectivity index (χ2n) is 6.19. The maximum Gasteiger partial charge on any atom is 0.144 e. The number of methoxy groups -OCH3 is 2. The van der Waals surface area contributed by atoms with Crippen molar-refractivity contribution >= 4 is 11.5 Å². The van der Waals surface area contributed by atoms with E-state index in [0.29, 0.717) is 11.9 Å². The number of ether oxygens (including phenoxy) is 2. The van der Waals surface area contributed by atoms with Gasteiger partial charge in [0, 0.05) is 49.2 Å². The molecule has 2 aromatic rings. The van der Waals surface area contributed by atoms with Crippen molar-refractivity contribution in [3.63, 3.8) is 0 Å². The predicted octanol–water partition coefficient (Wildman–Crippen LogP) is 2.15. The summed E-state index contributed by atoms with van der Waals surface area (Å²) in [5.74, 6) is 2.88. The van der Waals surface area contributed by atoms with Crippen molar-refractivity contribution in [3.8, 4) is 11.5 Å². The number of nitrogens with two attached hydrogens (primary N) is 1. The van der Waals surface area contributed by atoms with Gasteiger partial charge in [0.25, 0.3) is 0 Å². The third-order valence-electron chi connectivity index (χ3n) is 4.40. The summed E-state index contributed by atoms with van der Waals surface area (Å²) in [7, 11) is 3.32. The van der Waals surface area contributed by atoms with Crippen LogP contribution in [0.5, 0.6) is 11.5 Å². The highest BCUT2D eigenvalue weighted by Crippen LogP contribution is 2.27. The largest absolute Gasteiger partial charge is 0.497 e. The zero-order valence-electron chi connectivity index (χ0n) is 14.7. The molecule has 1 aliphatic heterocycles. The van der Waals surface area contributed by atoms with Crippen LogP contribution in [-0.2, 0) is 6.54 Å². The molecular weight excluding hydrogens is 318 g/mol. The molecular formula is C18H25N5O2. The molecule has 0 atom stereocenters. The van der Waals surface area contributed by atoms with Gasteiger partial charge in [0.05, 0.1) is 20.8 Å². The third-order valence-corrected chi connectivity index (χ3v) is 4.40. The first-order valence-corrected chi connectivity index (χ1v) is 8.45. The van der Waals surface area contributed by atoms with Crippen LogP contribution in [0.25, 0.3) is 0 Å². The highest BCUT2D eigenvalue weighted by atomic mass is 16.5. The molecule has 0 amide bonds. The predicted molar refractivity (Wildman–Crippen MR) is 97.9 cm³/mol. The Balaban J connectivity index is 1.54. The van der Waals surface area contributed by atoms with Crippen molar-refractivity contribution in [2.24, 2.45) is 0 Å². The first kappa shape index (κ1) is 17.3. The molecule has 0 bridgehead atoms. The van der Waals surface area contributed by atoms with E-state index in [4.69, 9.17) is 15.2 Å². The van der Waals surface area contributed by atoms with Crippen LogP contribution in [0.4, 0.5) is 11.5 Å². The molecule has 0 aliphatic carbocycles. The standard InChI is InChI=1S/C18H25N5O2/c1-24-15-9-14(10-16(11-15)25-2)21-13-4-7-23(8-5-13)12-18-20-6-3-17(19)22-18/h3,6,9-11,13,21H,4-5,7-8,12H2,1-2H3,(H2,19,20,22). The van der Waals surface area contributed by atoms with E-state index in [1.807, 2.05) is 18.2 Å². The molecule has 1 aliphatic rings. The zero-order chi connectivity index (χ0) is 17.6. The van der Waals surface area contributed by atoms with E-state index in [9.17, 15) is 0 Å². The lowest BCUT2D eigenvalue weighted by Crippen LogP contribution is -2.39. The van der Waals surface area contributed by atoms with Gasteiger partial charge in [0.1, 0.15) is 23.1 Å². The zero-order valence-corrected chi connectivity index (χ0v) is 14.7. The summed E-state index contributed by atoms with van der Waals surface area (Å²) in [5.41, 5.74) is 6.74. The average molecular weight is 343 g/mol. The Morgan fingerprint density at radius 1 is 1.16 bits per heavy atom. The Hall–Kier alpha value is -2.54. The molecule has 25 heavy (non-hydrogen) atoms. The molecule has 134 valence electrons. The number of hydrogen-bond acceptors (Lipinski definition) is 7. The van der Waals surface area contributed by atoms with Gasteiger partial charge in [-0.15, -0.1) is 0 Å². The van der Waals surface area contributed by atoms with E-state index in [0.717, 1.165) is 55.5 Å². The fourth-order valence-corrected chi connectivity index (χ4v) is 3.05. The van der Waals surface area contributed by atoms with Gasteiger partial charge in [-0.3, -0.25) is 4.90 Å². The SMILES string of the molecule is COc1cc(NC2CCN(Cc3nccc(N)n3)CC2)cc(OC)c1. The smallest absolute Gasteiger partial charge is 0.144 e. The number of hydrogen-bond donors (Lipinski definition) is 2. The van der Waals surface area contributed by atoms with Crippen molar-refractivity contribution in [2.45, 2.75) is 25.4 Å². The second-order valence-corrected chi connectivity index (χ2v) is 6.19. The molecule has 7 heteroatoms. The summed E-state index contributed by atoms with van der Waals surface area (Å²) in [6, 6.07) is 8.00. The van der Waals surface area contributed by atoms with Crippen LogP contribution in [0.2, 0.25) is 0 Å². The van der Waals surface area contributed by atoms with Gasteiger partial charge in [0.15, 0.2) is 0 Å². The first-order chi connectivity index (χ1) is 12.2. The summed E-state index contributed by atoms with van der Waals surface area (Å²) in [6.45, 7) is 2.73. The average Bonchev–Trinajstić information content (AvgIpc) is 2.63. The lowest BCUT2D eigenvalue weighted by Gasteiger charge is -2.32. The number of nitrogens with zero attached hydrogens (tertiary/aromatic N) is 3. The highest BCUT2D eigenvalue weighted by Gasteiger charge is 2.20. The van der Waals surface area contributed by atoms with Gasteiger partial charge >= 0.3 is 0 Å². The van der Waals surface area contributed by atoms with E-state index in [2.05, 4.69) is 20.2 Å². The molecule has 2 heterocycles. The molecule has 1 aromatic carbocycles. The Labute approximate surface area is 148 Å². The van der Waals surface area contributed by atoms with Gasteiger partial charge < -0.3 is 20.5 Å². The van der Waals surface area contributed by atoms with Crippen molar-refractivity contribution < 1.29 is 9.47 Å². The first-order valence-electron chi connectivity index (χ1n) is 8.45. The number of rotatable bonds is 6. The molecule has 0 spiro atoms. The summed E-state index contributed by atoms with van der Waals surface area (Å²) in [6.07, 6.45) is 3.83. The molecule has 0 radical (unpaired) electrons. The summed E-state index contributed by atoms with van der Waals surface area (Å²) in [4.78, 5) is 10.9. The molecule has 3 rings (SSSR count). The van der Waals surface area contributed by atoms with E-state index >= 15 is 0 Å². The van der Waals surface area contributed by atoms with Crippen LogP contribution < -0.4 is 20.5 Å². The van der Waals surface area contributed by atoms with Gasteiger partial charge in [-0.2, -0.15) is 0 Å². The number of aromatic nitrogens is 2. The highest BCUT2D eigenvalue weighted by molar-refractivity contribution is 5.54. The van der Waals surface area contributed by atoms with Crippen molar-refractivity contribution in [1.29, 1.82) is 0 Å². The van der Waals surface area contributed by atoms with Crippen molar-refractivity contribution in [3.05, 3.63) is 36.3 Å². The Morgan fingerprint density at radius 3 is 2.44 bits per heavy atom. The van der Waals surface area contributed by atoms with Gasteiger partial charge in [-0.05, 0) is 18.9 Å². The van der Waals surface area contributed by atoms with Crippen LogP contribution in [-0.4, -0.2) is 48.2 Å². The number of anilines is 2. The normalized spacial score (nSPS) is 15.8. The molecule has 1 fully saturated rings. The van der Waals surface area contributed by atoms with E-state index in [1.54, 1.807) is 26.5 Å². The number of likely N-dealkylation sites (tertiary alicyclic amines) is 1. The maximum absolute atomic E-state index is 5.72. The molecule has 0 saturated carbocycles. The van der Waals surface area contributed by atoms with E-state index in [-0.39, 0.29) is 0 Å². The van der Waals surface area contributed by atoms with E-state index < -0.39 is 0 Å². The number of nitrogen functional groups attached to an aromatic ring is 1. The van der Waals surface area contributed by atoms with Crippen LogP contribution in [0.1, 0.15) is 18.7 Å². The lowest BCUT2D eigenvalue weighted by atomic mass is 10.0. The quantitative estimate of drug-likeness (QED) is 0.831. The molecule has 3 N–H and O–H groups in total. The third kappa shape index (κ3) is 4.73. The van der Waals surface area contributed by atoms with Crippen molar-refractivity contribution in [2.75, 3.05) is 38.4 Å². The second kappa shape index (κ2) is 8.02. The molecule has 1 aromatic heterocycles. The topological polar surface area (TPSA) is 85.5 Å². The number of nitrogens with one attached hydrogen (secondary N) is 1. The molecule has 0 unspecified atom stereocenters. The summed E-state index contributed by atoms with van der Waals surface area (Å²) < 4.78 is 10.7. The maximum atomic E-state index is 5.72. The number of benzene rings is 1. The van der Waals surface area contributed by atoms with Crippen LogP contribution in [0.15, 0.2) is 30.5 Å².